The number of methoxy groups -OCH3 is 2. The molecule has 0 saturated heterocycles. The molecule has 0 spiro atoms. The van der Waals surface area contributed by atoms with Gasteiger partial charge < -0.3 is 9.47 Å². The Bertz CT molecular complexity index is 1160. The third-order valence-electron chi connectivity index (χ3n) is 4.14. The SMILES string of the molecule is COC(=O)c1c(-c2cc([N+](=O)[O-])c(Cl)cc2Cl)nn(-c2ccccc2)c1C(=O)OC. The molecule has 1 aromatic heterocycles. The maximum atomic E-state index is 12.6. The lowest BCUT2D eigenvalue weighted by atomic mass is 10.0. The lowest BCUT2D eigenvalue weighted by molar-refractivity contribution is -0.384. The van der Waals surface area contributed by atoms with Crippen molar-refractivity contribution >= 4 is 40.8 Å². The second kappa shape index (κ2) is 8.52. The molecule has 0 aliphatic rings. The van der Waals surface area contributed by atoms with Crippen molar-refractivity contribution in [3.05, 3.63) is 73.9 Å². The number of nitro benzene ring substituents is 1. The standard InChI is InChI=1S/C19H13Cl2N3O6/c1-29-18(25)15-16(11-8-14(24(27)28)13(21)9-12(11)20)22-23(17(15)19(26)30-2)10-6-4-3-5-7-10/h3-9H,1-2H3. The fourth-order valence-corrected chi connectivity index (χ4v) is 3.34. The van der Waals surface area contributed by atoms with Gasteiger partial charge in [0.05, 0.1) is 29.9 Å². The van der Waals surface area contributed by atoms with E-state index < -0.39 is 22.5 Å². The van der Waals surface area contributed by atoms with Crippen molar-refractivity contribution in [1.29, 1.82) is 0 Å². The molecule has 0 fully saturated rings. The van der Waals surface area contributed by atoms with Gasteiger partial charge in [-0.05, 0) is 18.2 Å². The number of aromatic nitrogens is 2. The second-order valence-corrected chi connectivity index (χ2v) is 6.66. The number of hydrogen-bond donors (Lipinski definition) is 0. The molecular formula is C19H13Cl2N3O6. The van der Waals surface area contributed by atoms with Crippen molar-refractivity contribution in [2.24, 2.45) is 0 Å². The molecule has 0 bridgehead atoms. The van der Waals surface area contributed by atoms with E-state index in [4.69, 9.17) is 32.7 Å². The first-order chi connectivity index (χ1) is 14.3. The van der Waals surface area contributed by atoms with E-state index in [1.54, 1.807) is 30.3 Å². The van der Waals surface area contributed by atoms with Crippen molar-refractivity contribution in [3.63, 3.8) is 0 Å². The van der Waals surface area contributed by atoms with E-state index in [0.717, 1.165) is 26.4 Å². The zero-order valence-electron chi connectivity index (χ0n) is 15.6. The van der Waals surface area contributed by atoms with Crippen LogP contribution in [-0.2, 0) is 9.47 Å². The van der Waals surface area contributed by atoms with Gasteiger partial charge in [0, 0.05) is 11.6 Å². The lowest BCUT2D eigenvalue weighted by Crippen LogP contribution is -2.15. The Hall–Kier alpha value is -3.43. The molecule has 30 heavy (non-hydrogen) atoms. The van der Waals surface area contributed by atoms with Gasteiger partial charge in [-0.2, -0.15) is 5.10 Å². The van der Waals surface area contributed by atoms with Crippen LogP contribution in [0.15, 0.2) is 42.5 Å². The van der Waals surface area contributed by atoms with Crippen molar-refractivity contribution < 1.29 is 24.0 Å². The quantitative estimate of drug-likeness (QED) is 0.323. The van der Waals surface area contributed by atoms with Crippen LogP contribution >= 0.6 is 23.2 Å². The number of rotatable bonds is 5. The van der Waals surface area contributed by atoms with Crippen LogP contribution in [0.4, 0.5) is 5.69 Å². The van der Waals surface area contributed by atoms with E-state index in [0.29, 0.717) is 5.69 Å². The largest absolute Gasteiger partial charge is 0.465 e. The van der Waals surface area contributed by atoms with Crippen LogP contribution in [0.25, 0.3) is 16.9 Å². The first-order valence-electron chi connectivity index (χ1n) is 8.29. The summed E-state index contributed by atoms with van der Waals surface area (Å²) in [6.07, 6.45) is 0. The molecule has 9 nitrogen and oxygen atoms in total. The Kier molecular flexibility index (Phi) is 6.04. The highest BCUT2D eigenvalue weighted by atomic mass is 35.5. The van der Waals surface area contributed by atoms with Crippen LogP contribution in [0.3, 0.4) is 0 Å². The minimum Gasteiger partial charge on any atom is -0.465 e. The summed E-state index contributed by atoms with van der Waals surface area (Å²) in [5, 5.41) is 15.5. The van der Waals surface area contributed by atoms with Crippen molar-refractivity contribution in [1.82, 2.24) is 9.78 Å². The number of carbonyl (C=O) groups is 2. The molecule has 0 saturated carbocycles. The van der Waals surface area contributed by atoms with Gasteiger partial charge in [0.25, 0.3) is 5.69 Å². The fourth-order valence-electron chi connectivity index (χ4n) is 2.80. The van der Waals surface area contributed by atoms with Crippen molar-refractivity contribution in [2.75, 3.05) is 14.2 Å². The summed E-state index contributed by atoms with van der Waals surface area (Å²) in [6.45, 7) is 0. The number of carbonyl (C=O) groups excluding carboxylic acids is 2. The van der Waals surface area contributed by atoms with Gasteiger partial charge in [-0.3, -0.25) is 10.1 Å². The molecule has 1 heterocycles. The molecule has 0 aliphatic heterocycles. The zero-order valence-corrected chi connectivity index (χ0v) is 17.1. The Morgan fingerprint density at radius 3 is 2.23 bits per heavy atom. The normalized spacial score (nSPS) is 10.5. The van der Waals surface area contributed by atoms with E-state index in [1.807, 2.05) is 0 Å². The monoisotopic (exact) mass is 449 g/mol. The van der Waals surface area contributed by atoms with E-state index in [1.165, 1.54) is 4.68 Å². The van der Waals surface area contributed by atoms with Gasteiger partial charge in [-0.1, -0.05) is 41.4 Å². The Labute approximate surface area is 179 Å². The molecule has 0 aliphatic carbocycles. The molecule has 0 unspecified atom stereocenters. The Morgan fingerprint density at radius 2 is 1.67 bits per heavy atom. The molecule has 3 aromatic rings. The molecule has 0 atom stereocenters. The molecule has 0 amide bonds. The number of nitro groups is 1. The highest BCUT2D eigenvalue weighted by Crippen LogP contribution is 2.39. The highest BCUT2D eigenvalue weighted by molar-refractivity contribution is 6.37. The first kappa shape index (κ1) is 21.3. The summed E-state index contributed by atoms with van der Waals surface area (Å²) in [6, 6.07) is 10.7. The summed E-state index contributed by atoms with van der Waals surface area (Å²) >= 11 is 12.2. The van der Waals surface area contributed by atoms with Crippen LogP contribution in [-0.4, -0.2) is 40.9 Å². The molecule has 3 rings (SSSR count). The van der Waals surface area contributed by atoms with Crippen molar-refractivity contribution in [3.8, 4) is 16.9 Å². The number of hydrogen-bond acceptors (Lipinski definition) is 7. The first-order valence-corrected chi connectivity index (χ1v) is 9.04. The molecule has 2 aromatic carbocycles. The average molecular weight is 450 g/mol. The van der Waals surface area contributed by atoms with Gasteiger partial charge in [0.1, 0.15) is 16.3 Å². The van der Waals surface area contributed by atoms with Gasteiger partial charge in [0.15, 0.2) is 5.69 Å². The maximum absolute atomic E-state index is 12.6. The number of halogens is 2. The van der Waals surface area contributed by atoms with Crippen LogP contribution < -0.4 is 0 Å². The number of para-hydroxylation sites is 1. The van der Waals surface area contributed by atoms with Crippen LogP contribution in [0, 0.1) is 10.1 Å². The van der Waals surface area contributed by atoms with Gasteiger partial charge in [0.2, 0.25) is 0 Å². The van der Waals surface area contributed by atoms with Crippen molar-refractivity contribution in [2.45, 2.75) is 0 Å². The highest BCUT2D eigenvalue weighted by Gasteiger charge is 2.33. The van der Waals surface area contributed by atoms with E-state index >= 15 is 0 Å². The van der Waals surface area contributed by atoms with Crippen LogP contribution in [0.2, 0.25) is 10.0 Å². The minimum absolute atomic E-state index is 0.00937. The smallest absolute Gasteiger partial charge is 0.357 e. The predicted octanol–water partition coefficient (Wildman–Crippen LogP) is 4.33. The number of nitrogens with zero attached hydrogens (tertiary/aromatic N) is 3. The topological polar surface area (TPSA) is 114 Å². The van der Waals surface area contributed by atoms with E-state index in [9.17, 15) is 19.7 Å². The summed E-state index contributed by atoms with van der Waals surface area (Å²) in [5.41, 5.74) is -0.565. The third-order valence-corrected chi connectivity index (χ3v) is 4.76. The van der Waals surface area contributed by atoms with E-state index in [-0.39, 0.29) is 32.6 Å². The molecule has 154 valence electrons. The third kappa shape index (κ3) is 3.72. The van der Waals surface area contributed by atoms with Crippen LogP contribution in [0.1, 0.15) is 20.8 Å². The summed E-state index contributed by atoms with van der Waals surface area (Å²) < 4.78 is 10.8. The summed E-state index contributed by atoms with van der Waals surface area (Å²) in [4.78, 5) is 35.8. The Morgan fingerprint density at radius 1 is 1.03 bits per heavy atom. The number of ether oxygens (including phenoxy) is 2. The summed E-state index contributed by atoms with van der Waals surface area (Å²) in [5.74, 6) is -1.76. The fraction of sp³-hybridized carbons (Fsp3) is 0.105. The minimum atomic E-state index is -0.902. The van der Waals surface area contributed by atoms with E-state index in [2.05, 4.69) is 5.10 Å². The van der Waals surface area contributed by atoms with Gasteiger partial charge >= 0.3 is 11.9 Å². The molecule has 11 heteroatoms. The van der Waals surface area contributed by atoms with Crippen LogP contribution in [0.5, 0.6) is 0 Å². The zero-order chi connectivity index (χ0) is 22.0. The van der Waals surface area contributed by atoms with Gasteiger partial charge in [-0.25, -0.2) is 14.3 Å². The number of benzene rings is 2. The predicted molar refractivity (Wildman–Crippen MR) is 108 cm³/mol. The Balaban J connectivity index is 2.42. The maximum Gasteiger partial charge on any atom is 0.357 e. The molecule has 0 radical (unpaired) electrons. The molecule has 0 N–H and O–H groups in total. The second-order valence-electron chi connectivity index (χ2n) is 5.84. The lowest BCUT2D eigenvalue weighted by Gasteiger charge is -2.07. The number of esters is 2. The summed E-state index contributed by atoms with van der Waals surface area (Å²) in [7, 11) is 2.27. The average Bonchev–Trinajstić information content (AvgIpc) is 3.13. The molecular weight excluding hydrogens is 437 g/mol. The van der Waals surface area contributed by atoms with Gasteiger partial charge in [-0.15, -0.1) is 0 Å².